The van der Waals surface area contributed by atoms with Gasteiger partial charge >= 0.3 is 0 Å². The van der Waals surface area contributed by atoms with Gasteiger partial charge in [0.1, 0.15) is 11.5 Å². The Balaban J connectivity index is 1.81. The van der Waals surface area contributed by atoms with Crippen molar-refractivity contribution in [2.75, 3.05) is 20.1 Å². The van der Waals surface area contributed by atoms with E-state index in [1.54, 1.807) is 0 Å². The molecule has 1 aromatic heterocycles. The first kappa shape index (κ1) is 12.7. The number of hydrogen-bond acceptors (Lipinski definition) is 3. The molecule has 0 saturated heterocycles. The number of nitrogens with zero attached hydrogens (tertiary/aromatic N) is 1. The molecule has 0 radical (unpaired) electrons. The Morgan fingerprint density at radius 3 is 2.47 bits per heavy atom. The number of nitrogens with one attached hydrogen (secondary N) is 1. The highest BCUT2D eigenvalue weighted by atomic mass is 16.3. The molecule has 0 unspecified atom stereocenters. The van der Waals surface area contributed by atoms with E-state index >= 15 is 0 Å². The average Bonchev–Trinajstić information content (AvgIpc) is 3.04. The second kappa shape index (κ2) is 5.23. The van der Waals surface area contributed by atoms with E-state index in [2.05, 4.69) is 31.1 Å². The van der Waals surface area contributed by atoms with Crippen LogP contribution in [0.15, 0.2) is 4.42 Å². The summed E-state index contributed by atoms with van der Waals surface area (Å²) >= 11 is 0. The van der Waals surface area contributed by atoms with Gasteiger partial charge in [-0.1, -0.05) is 0 Å². The number of rotatable bonds is 6. The minimum Gasteiger partial charge on any atom is -0.466 e. The quantitative estimate of drug-likeness (QED) is 0.822. The van der Waals surface area contributed by atoms with Crippen LogP contribution in [0, 0.1) is 20.8 Å². The summed E-state index contributed by atoms with van der Waals surface area (Å²) in [5, 5.41) is 3.54. The number of hydrogen-bond donors (Lipinski definition) is 1. The third-order valence-electron chi connectivity index (χ3n) is 3.64. The highest BCUT2D eigenvalue weighted by Gasteiger charge is 2.20. The van der Waals surface area contributed by atoms with E-state index in [0.29, 0.717) is 0 Å². The van der Waals surface area contributed by atoms with Crippen LogP contribution in [0.4, 0.5) is 0 Å². The fraction of sp³-hybridized carbons (Fsp3) is 0.714. The maximum absolute atomic E-state index is 5.66. The van der Waals surface area contributed by atoms with E-state index in [4.69, 9.17) is 4.42 Å². The molecule has 0 atom stereocenters. The summed E-state index contributed by atoms with van der Waals surface area (Å²) in [5.74, 6) is 2.13. The van der Waals surface area contributed by atoms with Gasteiger partial charge in [0, 0.05) is 31.2 Å². The van der Waals surface area contributed by atoms with Crippen molar-refractivity contribution in [3.05, 3.63) is 22.6 Å². The van der Waals surface area contributed by atoms with Gasteiger partial charge in [0.15, 0.2) is 0 Å². The van der Waals surface area contributed by atoms with Crippen molar-refractivity contribution >= 4 is 0 Å². The van der Waals surface area contributed by atoms with Gasteiger partial charge in [0.2, 0.25) is 0 Å². The largest absolute Gasteiger partial charge is 0.466 e. The zero-order valence-electron chi connectivity index (χ0n) is 11.5. The lowest BCUT2D eigenvalue weighted by Crippen LogP contribution is -2.30. The van der Waals surface area contributed by atoms with Crippen molar-refractivity contribution in [2.24, 2.45) is 0 Å². The second-order valence-electron chi connectivity index (χ2n) is 5.28. The van der Waals surface area contributed by atoms with Crippen LogP contribution in [0.5, 0.6) is 0 Å². The molecule has 17 heavy (non-hydrogen) atoms. The molecule has 0 aliphatic heterocycles. The SMILES string of the molecule is Cc1oc(C)c(CN(C)CCNC2CC2)c1C. The molecule has 1 fully saturated rings. The molecule has 96 valence electrons. The molecule has 1 aliphatic rings. The molecule has 1 saturated carbocycles. The van der Waals surface area contributed by atoms with Crippen LogP contribution in [-0.2, 0) is 6.54 Å². The summed E-state index contributed by atoms with van der Waals surface area (Å²) in [4.78, 5) is 2.36. The third-order valence-corrected chi connectivity index (χ3v) is 3.64. The van der Waals surface area contributed by atoms with Crippen molar-refractivity contribution in [1.29, 1.82) is 0 Å². The Bertz CT molecular complexity index is 380. The summed E-state index contributed by atoms with van der Waals surface area (Å²) in [5.41, 5.74) is 2.67. The minimum atomic E-state index is 0.808. The van der Waals surface area contributed by atoms with Crippen LogP contribution in [0.1, 0.15) is 35.5 Å². The minimum absolute atomic E-state index is 0.808. The first-order valence-corrected chi connectivity index (χ1v) is 6.55. The molecule has 1 heterocycles. The second-order valence-corrected chi connectivity index (χ2v) is 5.28. The van der Waals surface area contributed by atoms with E-state index in [1.165, 1.54) is 24.0 Å². The summed E-state index contributed by atoms with van der Waals surface area (Å²) in [6, 6.07) is 0.808. The maximum atomic E-state index is 5.66. The lowest BCUT2D eigenvalue weighted by atomic mass is 10.1. The van der Waals surface area contributed by atoms with E-state index in [0.717, 1.165) is 37.2 Å². The number of likely N-dealkylation sites (N-methyl/N-ethyl adjacent to an activating group) is 1. The summed E-state index contributed by atoms with van der Waals surface area (Å²) < 4.78 is 5.66. The lowest BCUT2D eigenvalue weighted by molar-refractivity contribution is 0.321. The van der Waals surface area contributed by atoms with Crippen LogP contribution in [0.2, 0.25) is 0 Å². The van der Waals surface area contributed by atoms with Gasteiger partial charge < -0.3 is 14.6 Å². The molecule has 3 nitrogen and oxygen atoms in total. The zero-order chi connectivity index (χ0) is 12.4. The molecule has 1 N–H and O–H groups in total. The van der Waals surface area contributed by atoms with Crippen LogP contribution in [-0.4, -0.2) is 31.1 Å². The maximum Gasteiger partial charge on any atom is 0.105 e. The Morgan fingerprint density at radius 1 is 1.24 bits per heavy atom. The van der Waals surface area contributed by atoms with Gasteiger partial charge in [-0.05, 0) is 46.2 Å². The van der Waals surface area contributed by atoms with Crippen molar-refractivity contribution in [3.8, 4) is 0 Å². The van der Waals surface area contributed by atoms with Gasteiger partial charge in [-0.15, -0.1) is 0 Å². The molecule has 0 spiro atoms. The standard InChI is InChI=1S/C14H24N2O/c1-10-11(2)17-12(3)14(10)9-16(4)8-7-15-13-5-6-13/h13,15H,5-9H2,1-4H3. The molecule has 0 bridgehead atoms. The fourth-order valence-electron chi connectivity index (χ4n) is 2.17. The highest BCUT2D eigenvalue weighted by molar-refractivity contribution is 5.31. The van der Waals surface area contributed by atoms with Crippen LogP contribution >= 0.6 is 0 Å². The van der Waals surface area contributed by atoms with Crippen LogP contribution in [0.3, 0.4) is 0 Å². The summed E-state index contributed by atoms with van der Waals surface area (Å²) in [7, 11) is 2.18. The Kier molecular flexibility index (Phi) is 3.89. The fourth-order valence-corrected chi connectivity index (χ4v) is 2.17. The molecule has 1 aromatic rings. The van der Waals surface area contributed by atoms with Crippen molar-refractivity contribution in [1.82, 2.24) is 10.2 Å². The molecular formula is C14H24N2O. The molecule has 0 amide bonds. The van der Waals surface area contributed by atoms with Gasteiger partial charge in [-0.2, -0.15) is 0 Å². The van der Waals surface area contributed by atoms with Gasteiger partial charge in [0.25, 0.3) is 0 Å². The predicted octanol–water partition coefficient (Wildman–Crippen LogP) is 2.39. The topological polar surface area (TPSA) is 28.4 Å². The molecule has 2 rings (SSSR count). The predicted molar refractivity (Wildman–Crippen MR) is 70.3 cm³/mol. The molecule has 1 aliphatic carbocycles. The number of furan rings is 1. The van der Waals surface area contributed by atoms with Gasteiger partial charge in [-0.25, -0.2) is 0 Å². The van der Waals surface area contributed by atoms with Crippen molar-refractivity contribution in [2.45, 2.75) is 46.2 Å². The van der Waals surface area contributed by atoms with E-state index in [-0.39, 0.29) is 0 Å². The number of aryl methyl sites for hydroxylation is 2. The first-order valence-electron chi connectivity index (χ1n) is 6.55. The Morgan fingerprint density at radius 2 is 1.94 bits per heavy atom. The van der Waals surface area contributed by atoms with Crippen LogP contribution in [0.25, 0.3) is 0 Å². The van der Waals surface area contributed by atoms with Crippen molar-refractivity contribution < 1.29 is 4.42 Å². The average molecular weight is 236 g/mol. The molecular weight excluding hydrogens is 212 g/mol. The molecule has 0 aromatic carbocycles. The normalized spacial score (nSPS) is 15.8. The first-order chi connectivity index (χ1) is 8.08. The lowest BCUT2D eigenvalue weighted by Gasteiger charge is -2.17. The highest BCUT2D eigenvalue weighted by Crippen LogP contribution is 2.22. The van der Waals surface area contributed by atoms with E-state index in [1.807, 2.05) is 6.92 Å². The summed E-state index contributed by atoms with van der Waals surface area (Å²) in [6.07, 6.45) is 2.73. The van der Waals surface area contributed by atoms with Crippen LogP contribution < -0.4 is 5.32 Å². The van der Waals surface area contributed by atoms with Crippen molar-refractivity contribution in [3.63, 3.8) is 0 Å². The smallest absolute Gasteiger partial charge is 0.105 e. The Hall–Kier alpha value is -0.800. The monoisotopic (exact) mass is 236 g/mol. The van der Waals surface area contributed by atoms with Gasteiger partial charge in [-0.3, -0.25) is 0 Å². The van der Waals surface area contributed by atoms with Gasteiger partial charge in [0.05, 0.1) is 0 Å². The summed E-state index contributed by atoms with van der Waals surface area (Å²) in [6.45, 7) is 9.43. The molecule has 3 heteroatoms. The zero-order valence-corrected chi connectivity index (χ0v) is 11.5. The third kappa shape index (κ3) is 3.33. The Labute approximate surface area is 104 Å². The van der Waals surface area contributed by atoms with E-state index in [9.17, 15) is 0 Å². The van der Waals surface area contributed by atoms with E-state index < -0.39 is 0 Å².